The molecule has 96 valence electrons. The number of rotatable bonds is 6. The van der Waals surface area contributed by atoms with Gasteiger partial charge in [0.2, 0.25) is 10.0 Å². The van der Waals surface area contributed by atoms with Gasteiger partial charge in [-0.15, -0.1) is 0 Å². The predicted octanol–water partition coefficient (Wildman–Crippen LogP) is 1.90. The topological polar surface area (TPSA) is 55.4 Å². The summed E-state index contributed by atoms with van der Waals surface area (Å²) in [5.41, 5.74) is 0. The molecule has 0 radical (unpaired) electrons. The van der Waals surface area contributed by atoms with E-state index in [2.05, 4.69) is 20.7 Å². The summed E-state index contributed by atoms with van der Waals surface area (Å²) in [5.74, 6) is -0.600. The van der Waals surface area contributed by atoms with Gasteiger partial charge in [0, 0.05) is 24.7 Å². The third-order valence-corrected chi connectivity index (χ3v) is 3.86. The van der Waals surface area contributed by atoms with Crippen molar-refractivity contribution in [2.24, 2.45) is 0 Å². The highest BCUT2D eigenvalue weighted by Crippen LogP contribution is 2.18. The highest BCUT2D eigenvalue weighted by Gasteiger charge is 2.14. The average Bonchev–Trinajstić information content (AvgIpc) is 2.23. The van der Waals surface area contributed by atoms with Gasteiger partial charge >= 0.3 is 0 Å². The fourth-order valence-corrected chi connectivity index (χ4v) is 2.94. The van der Waals surface area contributed by atoms with Gasteiger partial charge in [0.1, 0.15) is 5.82 Å². The molecule has 0 saturated heterocycles. The van der Waals surface area contributed by atoms with E-state index in [1.807, 2.05) is 0 Å². The molecule has 1 aromatic rings. The zero-order valence-electron chi connectivity index (χ0n) is 9.24. The van der Waals surface area contributed by atoms with Crippen molar-refractivity contribution in [2.45, 2.75) is 11.3 Å². The molecular formula is C10H13BrFNO3S. The number of benzene rings is 1. The number of methoxy groups -OCH3 is 1. The molecular weight excluding hydrogens is 313 g/mol. The van der Waals surface area contributed by atoms with Crippen molar-refractivity contribution in [2.75, 3.05) is 20.3 Å². The van der Waals surface area contributed by atoms with Crippen LogP contribution in [0.2, 0.25) is 0 Å². The normalized spacial score (nSPS) is 11.7. The van der Waals surface area contributed by atoms with Crippen molar-refractivity contribution in [1.82, 2.24) is 4.72 Å². The summed E-state index contributed by atoms with van der Waals surface area (Å²) in [6, 6.07) is 3.52. The van der Waals surface area contributed by atoms with E-state index < -0.39 is 15.8 Å². The summed E-state index contributed by atoms with van der Waals surface area (Å²) in [5, 5.41) is 0. The second-order valence-electron chi connectivity index (χ2n) is 3.35. The van der Waals surface area contributed by atoms with E-state index in [1.165, 1.54) is 19.2 Å². The first-order valence-electron chi connectivity index (χ1n) is 4.90. The molecule has 0 aliphatic heterocycles. The number of hydrogen-bond donors (Lipinski definition) is 1. The Bertz CT molecular complexity index is 458. The molecule has 0 atom stereocenters. The van der Waals surface area contributed by atoms with E-state index in [4.69, 9.17) is 4.74 Å². The standard InChI is InChI=1S/C10H13BrFNO3S/c1-16-4-2-3-13-17(14,15)10-6-8(11)5-9(12)7-10/h5-7,13H,2-4H2,1H3. The largest absolute Gasteiger partial charge is 0.385 e. The van der Waals surface area contributed by atoms with E-state index >= 15 is 0 Å². The van der Waals surface area contributed by atoms with Crippen LogP contribution in [-0.2, 0) is 14.8 Å². The minimum Gasteiger partial charge on any atom is -0.385 e. The highest BCUT2D eigenvalue weighted by atomic mass is 79.9. The molecule has 17 heavy (non-hydrogen) atoms. The quantitative estimate of drug-likeness (QED) is 0.813. The maximum absolute atomic E-state index is 13.1. The average molecular weight is 326 g/mol. The van der Waals surface area contributed by atoms with Gasteiger partial charge in [-0.2, -0.15) is 0 Å². The van der Waals surface area contributed by atoms with Crippen LogP contribution < -0.4 is 4.72 Å². The van der Waals surface area contributed by atoms with E-state index in [-0.39, 0.29) is 11.4 Å². The monoisotopic (exact) mass is 325 g/mol. The van der Waals surface area contributed by atoms with Gasteiger partial charge in [-0.1, -0.05) is 15.9 Å². The molecule has 7 heteroatoms. The summed E-state index contributed by atoms with van der Waals surface area (Å²) in [7, 11) is -2.12. The Morgan fingerprint density at radius 3 is 2.71 bits per heavy atom. The molecule has 0 bridgehead atoms. The van der Waals surface area contributed by atoms with Crippen molar-refractivity contribution < 1.29 is 17.5 Å². The minimum absolute atomic E-state index is 0.0956. The number of ether oxygens (including phenoxy) is 1. The summed E-state index contributed by atoms with van der Waals surface area (Å²) < 4.78 is 44.1. The summed E-state index contributed by atoms with van der Waals surface area (Å²) in [6.45, 7) is 0.722. The van der Waals surface area contributed by atoms with Crippen LogP contribution in [0.15, 0.2) is 27.6 Å². The second-order valence-corrected chi connectivity index (χ2v) is 6.03. The van der Waals surface area contributed by atoms with E-state index in [0.717, 1.165) is 6.07 Å². The van der Waals surface area contributed by atoms with Gasteiger partial charge in [-0.3, -0.25) is 0 Å². The number of halogens is 2. The van der Waals surface area contributed by atoms with Crippen LogP contribution in [0.25, 0.3) is 0 Å². The first-order valence-corrected chi connectivity index (χ1v) is 7.18. The molecule has 1 N–H and O–H groups in total. The SMILES string of the molecule is COCCCNS(=O)(=O)c1cc(F)cc(Br)c1. The molecule has 0 unspecified atom stereocenters. The third-order valence-electron chi connectivity index (χ3n) is 1.96. The molecule has 0 aliphatic rings. The first kappa shape index (κ1) is 14.6. The molecule has 1 aromatic carbocycles. The Balaban J connectivity index is 2.75. The predicted molar refractivity (Wildman–Crippen MR) is 65.8 cm³/mol. The van der Waals surface area contributed by atoms with Crippen LogP contribution in [-0.4, -0.2) is 28.7 Å². The molecule has 4 nitrogen and oxygen atoms in total. The van der Waals surface area contributed by atoms with Crippen molar-refractivity contribution >= 4 is 26.0 Å². The highest BCUT2D eigenvalue weighted by molar-refractivity contribution is 9.10. The molecule has 0 spiro atoms. The van der Waals surface area contributed by atoms with Gasteiger partial charge in [0.05, 0.1) is 4.90 Å². The fourth-order valence-electron chi connectivity index (χ4n) is 1.19. The number of sulfonamides is 1. The van der Waals surface area contributed by atoms with Gasteiger partial charge < -0.3 is 4.74 Å². The Morgan fingerprint density at radius 2 is 2.12 bits per heavy atom. The van der Waals surface area contributed by atoms with Crippen LogP contribution >= 0.6 is 15.9 Å². The number of nitrogens with one attached hydrogen (secondary N) is 1. The molecule has 0 heterocycles. The second kappa shape index (κ2) is 6.44. The molecule has 0 aliphatic carbocycles. The molecule has 0 amide bonds. The van der Waals surface area contributed by atoms with Crippen molar-refractivity contribution in [3.05, 3.63) is 28.5 Å². The maximum atomic E-state index is 13.1. The van der Waals surface area contributed by atoms with E-state index in [9.17, 15) is 12.8 Å². The van der Waals surface area contributed by atoms with Gasteiger partial charge in [0.15, 0.2) is 0 Å². The van der Waals surface area contributed by atoms with Crippen molar-refractivity contribution in [3.63, 3.8) is 0 Å². The van der Waals surface area contributed by atoms with Crippen LogP contribution in [0, 0.1) is 5.82 Å². The zero-order chi connectivity index (χ0) is 12.9. The Hall–Kier alpha value is -0.500. The summed E-state index contributed by atoms with van der Waals surface area (Å²) in [4.78, 5) is -0.0956. The lowest BCUT2D eigenvalue weighted by atomic mass is 10.3. The first-order chi connectivity index (χ1) is 7.95. The Kier molecular flexibility index (Phi) is 5.51. The Labute approximate surface area is 108 Å². The maximum Gasteiger partial charge on any atom is 0.240 e. The third kappa shape index (κ3) is 4.71. The summed E-state index contributed by atoms with van der Waals surface area (Å²) in [6.07, 6.45) is 0.562. The number of hydrogen-bond acceptors (Lipinski definition) is 3. The smallest absolute Gasteiger partial charge is 0.240 e. The van der Waals surface area contributed by atoms with Gasteiger partial charge in [-0.25, -0.2) is 17.5 Å². The van der Waals surface area contributed by atoms with Crippen LogP contribution in [0.5, 0.6) is 0 Å². The van der Waals surface area contributed by atoms with Crippen molar-refractivity contribution in [3.8, 4) is 0 Å². The van der Waals surface area contributed by atoms with E-state index in [0.29, 0.717) is 17.5 Å². The fraction of sp³-hybridized carbons (Fsp3) is 0.400. The molecule has 1 rings (SSSR count). The lowest BCUT2D eigenvalue weighted by Crippen LogP contribution is -2.25. The lowest BCUT2D eigenvalue weighted by Gasteiger charge is -2.07. The van der Waals surface area contributed by atoms with Crippen molar-refractivity contribution in [1.29, 1.82) is 0 Å². The molecule has 0 aromatic heterocycles. The zero-order valence-corrected chi connectivity index (χ0v) is 11.6. The lowest BCUT2D eigenvalue weighted by molar-refractivity contribution is 0.196. The molecule has 0 fully saturated rings. The minimum atomic E-state index is -3.66. The molecule has 0 saturated carbocycles. The Morgan fingerprint density at radius 1 is 1.41 bits per heavy atom. The van der Waals surface area contributed by atoms with Crippen LogP contribution in [0.4, 0.5) is 4.39 Å². The van der Waals surface area contributed by atoms with Crippen LogP contribution in [0.1, 0.15) is 6.42 Å². The van der Waals surface area contributed by atoms with Gasteiger partial charge in [-0.05, 0) is 24.6 Å². The van der Waals surface area contributed by atoms with Crippen LogP contribution in [0.3, 0.4) is 0 Å². The summed E-state index contributed by atoms with van der Waals surface area (Å²) >= 11 is 3.05. The van der Waals surface area contributed by atoms with E-state index in [1.54, 1.807) is 0 Å². The van der Waals surface area contributed by atoms with Gasteiger partial charge in [0.25, 0.3) is 0 Å².